The van der Waals surface area contributed by atoms with E-state index in [1.165, 1.54) is 48.8 Å². The van der Waals surface area contributed by atoms with E-state index in [1.807, 2.05) is 13.0 Å². The number of nitrogens with zero attached hydrogens (tertiary/aromatic N) is 2. The molecule has 3 nitrogen and oxygen atoms in total. The fourth-order valence-corrected chi connectivity index (χ4v) is 8.12. The second-order valence-corrected chi connectivity index (χ2v) is 13.3. The second-order valence-electron chi connectivity index (χ2n) is 11.9. The molecule has 2 aromatic carbocycles. The maximum atomic E-state index is 13.7. The highest BCUT2D eigenvalue weighted by molar-refractivity contribution is 7.97. The van der Waals surface area contributed by atoms with Crippen LogP contribution in [0.4, 0.5) is 32.0 Å². The molecule has 2 unspecified atom stereocenters. The number of benzene rings is 2. The van der Waals surface area contributed by atoms with Crippen LogP contribution in [0.15, 0.2) is 41.4 Å². The van der Waals surface area contributed by atoms with E-state index in [0.717, 1.165) is 55.7 Å². The number of alkyl halides is 6. The number of quaternary nitrogens is 1. The van der Waals surface area contributed by atoms with Crippen molar-refractivity contribution >= 4 is 30.0 Å². The molecule has 0 spiro atoms. The Kier molecular flexibility index (Phi) is 9.80. The summed E-state index contributed by atoms with van der Waals surface area (Å²) in [6.07, 6.45) is 0.0701. The highest BCUT2D eigenvalue weighted by atomic mass is 35.5. The monoisotopic (exact) mass is 634 g/mol. The summed E-state index contributed by atoms with van der Waals surface area (Å²) in [4.78, 5) is 2.43. The summed E-state index contributed by atoms with van der Waals surface area (Å²) < 4.78 is 82.3. The van der Waals surface area contributed by atoms with E-state index in [0.29, 0.717) is 17.5 Å². The largest absolute Gasteiger partial charge is 0.416 e. The van der Waals surface area contributed by atoms with Crippen molar-refractivity contribution in [1.29, 1.82) is 0 Å². The number of hydrogen-bond acceptors (Lipinski definition) is 3. The minimum atomic E-state index is -4.89. The van der Waals surface area contributed by atoms with E-state index in [4.69, 9.17) is 5.73 Å². The molecule has 0 bridgehead atoms. The first-order valence-electron chi connectivity index (χ1n) is 14.5. The predicted octanol–water partition coefficient (Wildman–Crippen LogP) is 9.02. The van der Waals surface area contributed by atoms with E-state index in [9.17, 15) is 26.3 Å². The molecule has 2 aromatic rings. The third-order valence-electron chi connectivity index (χ3n) is 8.94. The SMILES string of the molecule is CCN(CC1CCCC1)c1cc2c(cc1C[N+]1(Cc3cc(C(F)(F)F)cc(C(F)(F)F)c3)SC(N)=CC1C)CCC2.Cl. The van der Waals surface area contributed by atoms with Gasteiger partial charge in [-0.05, 0) is 93.3 Å². The molecule has 42 heavy (non-hydrogen) atoms. The zero-order valence-corrected chi connectivity index (χ0v) is 25.6. The van der Waals surface area contributed by atoms with Crippen molar-refractivity contribution in [3.05, 3.63) is 74.8 Å². The Morgan fingerprint density at radius 3 is 2.00 bits per heavy atom. The molecule has 3 aliphatic rings. The topological polar surface area (TPSA) is 29.3 Å². The average Bonchev–Trinajstić information content (AvgIpc) is 3.62. The number of fused-ring (bicyclic) bond motifs is 1. The van der Waals surface area contributed by atoms with E-state index in [2.05, 4.69) is 24.0 Å². The lowest BCUT2D eigenvalue weighted by Gasteiger charge is -2.38. The standard InChI is InChI=1S/C31H38F6N3S.ClH/c1-3-39(17-21-7-4-5-8-21)28-15-24-10-6-9-23(24)14-25(28)19-40(20(2)11-29(38)41-40)18-22-12-26(30(32,33)34)16-27(13-22)31(35,36)37;/h11-16,20-21H,3-10,17-19,38H2,1-2H3;1H/q+1;. The van der Waals surface area contributed by atoms with Crippen LogP contribution < -0.4 is 10.6 Å². The molecule has 1 heterocycles. The van der Waals surface area contributed by atoms with Gasteiger partial charge < -0.3 is 10.6 Å². The van der Waals surface area contributed by atoms with Gasteiger partial charge in [0.15, 0.2) is 0 Å². The van der Waals surface area contributed by atoms with Gasteiger partial charge in [0.2, 0.25) is 0 Å². The molecule has 0 amide bonds. The van der Waals surface area contributed by atoms with Crippen LogP contribution in [0.5, 0.6) is 0 Å². The van der Waals surface area contributed by atoms with Gasteiger partial charge in [-0.2, -0.15) is 26.3 Å². The summed E-state index contributed by atoms with van der Waals surface area (Å²) in [6.45, 7) is 6.27. The number of nitrogens with two attached hydrogens (primary N) is 1. The highest BCUT2D eigenvalue weighted by Gasteiger charge is 2.44. The predicted molar refractivity (Wildman–Crippen MR) is 159 cm³/mol. The molecule has 1 aliphatic heterocycles. The molecule has 0 radical (unpaired) electrons. The van der Waals surface area contributed by atoms with Crippen LogP contribution in [0, 0.1) is 5.92 Å². The molecule has 2 aliphatic carbocycles. The molecule has 2 atom stereocenters. The van der Waals surface area contributed by atoms with E-state index >= 15 is 0 Å². The number of aryl methyl sites for hydroxylation is 2. The van der Waals surface area contributed by atoms with Gasteiger partial charge >= 0.3 is 12.4 Å². The van der Waals surface area contributed by atoms with Crippen LogP contribution in [0.2, 0.25) is 0 Å². The van der Waals surface area contributed by atoms with Gasteiger partial charge in [-0.3, -0.25) is 0 Å². The first-order valence-corrected chi connectivity index (χ1v) is 15.3. The molecular formula is C31H39ClF6N3S+. The summed E-state index contributed by atoms with van der Waals surface area (Å²) in [6, 6.07) is 6.24. The van der Waals surface area contributed by atoms with Crippen molar-refractivity contribution in [3.8, 4) is 0 Å². The van der Waals surface area contributed by atoms with Crippen molar-refractivity contribution in [2.75, 3.05) is 18.0 Å². The third kappa shape index (κ3) is 7.02. The molecule has 232 valence electrons. The molecule has 11 heteroatoms. The number of hydrogen-bond donors (Lipinski definition) is 1. The van der Waals surface area contributed by atoms with Crippen LogP contribution in [-0.4, -0.2) is 23.0 Å². The fraction of sp³-hybridized carbons (Fsp3) is 0.548. The normalized spacial score (nSPS) is 22.7. The quantitative estimate of drug-likeness (QED) is 0.179. The van der Waals surface area contributed by atoms with E-state index in [1.54, 1.807) is 0 Å². The molecule has 1 saturated carbocycles. The Labute approximate surface area is 254 Å². The van der Waals surface area contributed by atoms with Crippen LogP contribution in [-0.2, 0) is 38.3 Å². The van der Waals surface area contributed by atoms with Crippen molar-refractivity contribution in [1.82, 2.24) is 0 Å². The molecular weight excluding hydrogens is 596 g/mol. The Bertz CT molecular complexity index is 1270. The maximum Gasteiger partial charge on any atom is 0.416 e. The Balaban J connectivity index is 0.00000405. The Morgan fingerprint density at radius 2 is 1.48 bits per heavy atom. The summed E-state index contributed by atoms with van der Waals surface area (Å²) in [7, 11) is 0. The Morgan fingerprint density at radius 1 is 0.881 bits per heavy atom. The van der Waals surface area contributed by atoms with Gasteiger partial charge in [0, 0.05) is 36.0 Å². The lowest BCUT2D eigenvalue weighted by molar-refractivity contribution is -0.837. The third-order valence-corrected chi connectivity index (χ3v) is 10.2. The first kappa shape index (κ1) is 32.9. The van der Waals surface area contributed by atoms with Crippen molar-refractivity contribution in [3.63, 3.8) is 0 Å². The van der Waals surface area contributed by atoms with E-state index < -0.39 is 23.5 Å². The van der Waals surface area contributed by atoms with Gasteiger partial charge in [0.05, 0.1) is 11.1 Å². The zero-order chi connectivity index (χ0) is 29.6. The van der Waals surface area contributed by atoms with E-state index in [-0.39, 0.29) is 40.5 Å². The number of halogens is 7. The zero-order valence-electron chi connectivity index (χ0n) is 24.0. The molecule has 0 aromatic heterocycles. The lowest BCUT2D eigenvalue weighted by atomic mass is 9.99. The minimum Gasteiger partial charge on any atom is -0.389 e. The smallest absolute Gasteiger partial charge is 0.389 e. The number of anilines is 1. The second kappa shape index (κ2) is 12.5. The van der Waals surface area contributed by atoms with Gasteiger partial charge in [-0.15, -0.1) is 12.4 Å². The van der Waals surface area contributed by atoms with Gasteiger partial charge in [-0.1, -0.05) is 12.8 Å². The summed E-state index contributed by atoms with van der Waals surface area (Å²) in [5, 5.41) is 0.529. The highest BCUT2D eigenvalue weighted by Crippen LogP contribution is 2.46. The summed E-state index contributed by atoms with van der Waals surface area (Å²) in [5.41, 5.74) is 8.53. The summed E-state index contributed by atoms with van der Waals surface area (Å²) in [5.74, 6) is 0.627. The maximum absolute atomic E-state index is 13.7. The first-order chi connectivity index (χ1) is 19.3. The Hall–Kier alpha value is -2.04. The van der Waals surface area contributed by atoms with Gasteiger partial charge in [0.25, 0.3) is 0 Å². The molecule has 1 fully saturated rings. The number of rotatable bonds is 8. The fourth-order valence-electron chi connectivity index (χ4n) is 6.80. The van der Waals surface area contributed by atoms with Crippen LogP contribution >= 0.6 is 24.4 Å². The minimum absolute atomic E-state index is 0. The van der Waals surface area contributed by atoms with Crippen LogP contribution in [0.3, 0.4) is 0 Å². The van der Waals surface area contributed by atoms with Crippen molar-refractivity contribution in [2.24, 2.45) is 11.7 Å². The molecule has 5 rings (SSSR count). The lowest BCUT2D eigenvalue weighted by Crippen LogP contribution is -2.44. The van der Waals surface area contributed by atoms with Crippen molar-refractivity contribution in [2.45, 2.75) is 90.3 Å². The van der Waals surface area contributed by atoms with Crippen molar-refractivity contribution < 1.29 is 30.2 Å². The van der Waals surface area contributed by atoms with Crippen LogP contribution in [0.25, 0.3) is 0 Å². The average molecular weight is 635 g/mol. The van der Waals surface area contributed by atoms with Gasteiger partial charge in [-0.25, -0.2) is 3.89 Å². The van der Waals surface area contributed by atoms with Gasteiger partial charge in [0.1, 0.15) is 36.1 Å². The van der Waals surface area contributed by atoms with Crippen LogP contribution in [0.1, 0.15) is 79.3 Å². The molecule has 2 N–H and O–H groups in total. The molecule has 0 saturated heterocycles. The summed E-state index contributed by atoms with van der Waals surface area (Å²) >= 11 is 1.33.